The molecule has 1 aliphatic heterocycles. The average molecular weight is 251 g/mol. The highest BCUT2D eigenvalue weighted by atomic mass is 35.5. The van der Waals surface area contributed by atoms with E-state index >= 15 is 0 Å². The van der Waals surface area contributed by atoms with Crippen LogP contribution in [0.2, 0.25) is 5.02 Å². The number of anilines is 1. The van der Waals surface area contributed by atoms with Gasteiger partial charge in [0.2, 0.25) is 6.41 Å². The van der Waals surface area contributed by atoms with Crippen molar-refractivity contribution in [2.75, 3.05) is 19.0 Å². The number of imide groups is 1. The number of carbonyl (C=O) groups excluding carboxylic acids is 2. The Kier molecular flexibility index (Phi) is 2.90. The maximum absolute atomic E-state index is 12.0. The molecule has 1 aromatic carbocycles. The molecule has 17 heavy (non-hydrogen) atoms. The highest BCUT2D eigenvalue weighted by molar-refractivity contribution is 6.38. The molecule has 0 fully saturated rings. The van der Waals surface area contributed by atoms with Crippen molar-refractivity contribution in [2.45, 2.75) is 0 Å². The number of halogens is 1. The molecule has 1 heterocycles. The number of rotatable bonds is 2. The minimum Gasteiger partial charge on any atom is -0.383 e. The van der Waals surface area contributed by atoms with Gasteiger partial charge in [-0.15, -0.1) is 0 Å². The fourth-order valence-corrected chi connectivity index (χ4v) is 1.95. The molecule has 0 spiro atoms. The van der Waals surface area contributed by atoms with Gasteiger partial charge in [-0.3, -0.25) is 9.59 Å². The third kappa shape index (κ3) is 1.91. The molecule has 2 amide bonds. The lowest BCUT2D eigenvalue weighted by Gasteiger charge is -2.07. The van der Waals surface area contributed by atoms with Gasteiger partial charge in [0, 0.05) is 30.9 Å². The Morgan fingerprint density at radius 3 is 2.65 bits per heavy atom. The zero-order chi connectivity index (χ0) is 12.6. The summed E-state index contributed by atoms with van der Waals surface area (Å²) >= 11 is 5.90. The Hall–Kier alpha value is -1.81. The summed E-state index contributed by atoms with van der Waals surface area (Å²) in [4.78, 5) is 25.8. The number of amides is 2. The van der Waals surface area contributed by atoms with Gasteiger partial charge in [-0.05, 0) is 18.2 Å². The Balaban J connectivity index is 2.63. The molecular weight excluding hydrogens is 240 g/mol. The van der Waals surface area contributed by atoms with Crippen molar-refractivity contribution in [2.24, 2.45) is 0 Å². The van der Waals surface area contributed by atoms with Gasteiger partial charge in [-0.1, -0.05) is 11.6 Å². The van der Waals surface area contributed by atoms with E-state index < -0.39 is 0 Å². The zero-order valence-electron chi connectivity index (χ0n) is 9.48. The highest BCUT2D eigenvalue weighted by Gasteiger charge is 2.32. The predicted molar refractivity (Wildman–Crippen MR) is 66.7 cm³/mol. The van der Waals surface area contributed by atoms with Crippen molar-refractivity contribution >= 4 is 35.2 Å². The molecule has 4 nitrogen and oxygen atoms in total. The monoisotopic (exact) mass is 250 g/mol. The van der Waals surface area contributed by atoms with Crippen LogP contribution in [0.25, 0.3) is 5.57 Å². The fourth-order valence-electron chi connectivity index (χ4n) is 1.78. The molecule has 0 atom stereocenters. The number of benzene rings is 1. The van der Waals surface area contributed by atoms with Gasteiger partial charge >= 0.3 is 0 Å². The van der Waals surface area contributed by atoms with Crippen LogP contribution in [0.4, 0.5) is 5.69 Å². The maximum Gasteiger partial charge on any atom is 0.267 e. The van der Waals surface area contributed by atoms with Crippen molar-refractivity contribution in [3.05, 3.63) is 35.0 Å². The summed E-state index contributed by atoms with van der Waals surface area (Å²) in [5.41, 5.74) is 1.73. The Morgan fingerprint density at radius 1 is 1.35 bits per heavy atom. The number of hydrogen-bond donors (Lipinski definition) is 0. The van der Waals surface area contributed by atoms with Gasteiger partial charge in [0.25, 0.3) is 5.91 Å². The normalized spacial score (nSPS) is 16.3. The van der Waals surface area contributed by atoms with Gasteiger partial charge in [0.05, 0.1) is 11.3 Å². The zero-order valence-corrected chi connectivity index (χ0v) is 10.2. The molecule has 0 saturated carbocycles. The van der Waals surface area contributed by atoms with E-state index in [9.17, 15) is 9.59 Å². The van der Waals surface area contributed by atoms with E-state index in [1.807, 2.05) is 14.1 Å². The first-order chi connectivity index (χ1) is 8.04. The van der Waals surface area contributed by atoms with E-state index in [-0.39, 0.29) is 5.91 Å². The molecule has 0 saturated heterocycles. The standard InChI is InChI=1S/C12H11ClN2O2/c1-14(2)6-10-9-5-8(13)3-4-11(9)15(7-16)12(10)17/h3-7H,1-2H3/b10-6-. The van der Waals surface area contributed by atoms with E-state index in [1.165, 1.54) is 0 Å². The second-order valence-electron chi connectivity index (χ2n) is 3.95. The molecule has 0 bridgehead atoms. The summed E-state index contributed by atoms with van der Waals surface area (Å²) in [6.07, 6.45) is 2.20. The topological polar surface area (TPSA) is 40.6 Å². The first-order valence-corrected chi connectivity index (χ1v) is 5.39. The first kappa shape index (κ1) is 11.7. The molecule has 5 heteroatoms. The molecular formula is C12H11ClN2O2. The van der Waals surface area contributed by atoms with Crippen molar-refractivity contribution in [1.82, 2.24) is 4.90 Å². The van der Waals surface area contributed by atoms with Crippen molar-refractivity contribution in [1.29, 1.82) is 0 Å². The Morgan fingerprint density at radius 2 is 2.06 bits per heavy atom. The van der Waals surface area contributed by atoms with Gasteiger partial charge < -0.3 is 4.90 Å². The number of fused-ring (bicyclic) bond motifs is 1. The van der Waals surface area contributed by atoms with Crippen LogP contribution in [-0.4, -0.2) is 31.3 Å². The van der Waals surface area contributed by atoms with Crippen LogP contribution in [0.1, 0.15) is 5.56 Å². The van der Waals surface area contributed by atoms with Gasteiger partial charge in [-0.2, -0.15) is 0 Å². The van der Waals surface area contributed by atoms with Crippen LogP contribution in [-0.2, 0) is 9.59 Å². The number of nitrogens with zero attached hydrogens (tertiary/aromatic N) is 2. The van der Waals surface area contributed by atoms with Crippen LogP contribution in [0.15, 0.2) is 24.4 Å². The van der Waals surface area contributed by atoms with Gasteiger partial charge in [0.1, 0.15) is 0 Å². The smallest absolute Gasteiger partial charge is 0.267 e. The van der Waals surface area contributed by atoms with E-state index in [0.29, 0.717) is 28.3 Å². The lowest BCUT2D eigenvalue weighted by Crippen LogP contribution is -2.24. The summed E-state index contributed by atoms with van der Waals surface area (Å²) in [6, 6.07) is 5.01. The third-order valence-corrected chi connectivity index (χ3v) is 2.69. The lowest BCUT2D eigenvalue weighted by atomic mass is 10.1. The van der Waals surface area contributed by atoms with E-state index in [0.717, 1.165) is 4.90 Å². The largest absolute Gasteiger partial charge is 0.383 e. The third-order valence-electron chi connectivity index (χ3n) is 2.45. The molecule has 1 aromatic rings. The van der Waals surface area contributed by atoms with E-state index in [2.05, 4.69) is 0 Å². The molecule has 2 rings (SSSR count). The quantitative estimate of drug-likeness (QED) is 0.593. The molecule has 0 aromatic heterocycles. The van der Waals surface area contributed by atoms with Crippen LogP contribution < -0.4 is 4.90 Å². The number of carbonyl (C=O) groups is 2. The second-order valence-corrected chi connectivity index (χ2v) is 4.38. The van der Waals surface area contributed by atoms with Crippen molar-refractivity contribution < 1.29 is 9.59 Å². The van der Waals surface area contributed by atoms with Crippen molar-refractivity contribution in [3.8, 4) is 0 Å². The van der Waals surface area contributed by atoms with Gasteiger partial charge in [-0.25, -0.2) is 4.90 Å². The Bertz CT molecular complexity index is 523. The Labute approximate surface area is 104 Å². The average Bonchev–Trinajstić information content (AvgIpc) is 2.51. The minimum absolute atomic E-state index is 0.328. The molecule has 0 aliphatic carbocycles. The number of hydrogen-bond acceptors (Lipinski definition) is 3. The summed E-state index contributed by atoms with van der Waals surface area (Å²) in [6.45, 7) is 0. The SMILES string of the molecule is CN(C)/C=C1\C(=O)N(C=O)c2ccc(Cl)cc21. The molecule has 88 valence electrons. The summed E-state index contributed by atoms with van der Waals surface area (Å²) < 4.78 is 0. The summed E-state index contributed by atoms with van der Waals surface area (Å²) in [7, 11) is 3.63. The van der Waals surface area contributed by atoms with Crippen LogP contribution >= 0.6 is 11.6 Å². The first-order valence-electron chi connectivity index (χ1n) is 5.01. The molecule has 0 unspecified atom stereocenters. The molecule has 0 radical (unpaired) electrons. The maximum atomic E-state index is 12.0. The fraction of sp³-hybridized carbons (Fsp3) is 0.167. The summed E-state index contributed by atoms with van der Waals surface area (Å²) in [5.74, 6) is -0.328. The van der Waals surface area contributed by atoms with Crippen molar-refractivity contribution in [3.63, 3.8) is 0 Å². The lowest BCUT2D eigenvalue weighted by molar-refractivity contribution is -0.117. The summed E-state index contributed by atoms with van der Waals surface area (Å²) in [5, 5.41) is 0.536. The molecule has 0 N–H and O–H groups in total. The molecule has 1 aliphatic rings. The van der Waals surface area contributed by atoms with Crippen LogP contribution in [0.3, 0.4) is 0 Å². The minimum atomic E-state index is -0.328. The predicted octanol–water partition coefficient (Wildman–Crippen LogP) is 1.75. The van der Waals surface area contributed by atoms with Gasteiger partial charge in [0.15, 0.2) is 0 Å². The van der Waals surface area contributed by atoms with E-state index in [4.69, 9.17) is 11.6 Å². The second kappa shape index (κ2) is 4.22. The highest BCUT2D eigenvalue weighted by Crippen LogP contribution is 2.37. The van der Waals surface area contributed by atoms with E-state index in [1.54, 1.807) is 29.3 Å². The van der Waals surface area contributed by atoms with Crippen LogP contribution in [0.5, 0.6) is 0 Å². The van der Waals surface area contributed by atoms with Crippen LogP contribution in [0, 0.1) is 0 Å².